The van der Waals surface area contributed by atoms with Gasteiger partial charge in [0.15, 0.2) is 0 Å². The summed E-state index contributed by atoms with van der Waals surface area (Å²) in [4.78, 5) is 29.2. The SMILES string of the molecule is CC1(C)NC(=O)N(CCCc2nc(CCl)cs2)C1=O. The van der Waals surface area contributed by atoms with Crippen molar-refractivity contribution in [2.24, 2.45) is 0 Å². The number of nitrogens with zero attached hydrogens (tertiary/aromatic N) is 2. The van der Waals surface area contributed by atoms with Crippen LogP contribution in [-0.4, -0.2) is 33.9 Å². The zero-order valence-corrected chi connectivity index (χ0v) is 12.5. The van der Waals surface area contributed by atoms with Crippen molar-refractivity contribution in [3.8, 4) is 0 Å². The van der Waals surface area contributed by atoms with Crippen LogP contribution < -0.4 is 5.32 Å². The molecular formula is C12H16ClN3O2S. The van der Waals surface area contributed by atoms with Crippen molar-refractivity contribution in [3.63, 3.8) is 0 Å². The van der Waals surface area contributed by atoms with E-state index in [0.29, 0.717) is 18.8 Å². The van der Waals surface area contributed by atoms with Gasteiger partial charge in [0.05, 0.1) is 16.6 Å². The van der Waals surface area contributed by atoms with Crippen molar-refractivity contribution < 1.29 is 9.59 Å². The van der Waals surface area contributed by atoms with Crippen molar-refractivity contribution in [1.29, 1.82) is 0 Å². The highest BCUT2D eigenvalue weighted by Crippen LogP contribution is 2.18. The molecule has 19 heavy (non-hydrogen) atoms. The maximum atomic E-state index is 11.9. The molecule has 2 rings (SSSR count). The summed E-state index contributed by atoms with van der Waals surface area (Å²) in [7, 11) is 0. The van der Waals surface area contributed by atoms with Crippen molar-refractivity contribution in [2.45, 2.75) is 38.1 Å². The van der Waals surface area contributed by atoms with E-state index < -0.39 is 5.54 Å². The molecule has 5 nitrogen and oxygen atoms in total. The van der Waals surface area contributed by atoms with E-state index in [9.17, 15) is 9.59 Å². The third kappa shape index (κ3) is 3.06. The second-order valence-corrected chi connectivity index (χ2v) is 6.19. The molecule has 1 saturated heterocycles. The molecular weight excluding hydrogens is 286 g/mol. The summed E-state index contributed by atoms with van der Waals surface area (Å²) < 4.78 is 0. The van der Waals surface area contributed by atoms with Gasteiger partial charge in [0, 0.05) is 18.3 Å². The third-order valence-corrected chi connectivity index (χ3v) is 4.18. The van der Waals surface area contributed by atoms with Gasteiger partial charge in [-0.05, 0) is 20.3 Å². The third-order valence-electron chi connectivity index (χ3n) is 2.95. The Labute approximate surface area is 121 Å². The fraction of sp³-hybridized carbons (Fsp3) is 0.583. The number of alkyl halides is 1. The van der Waals surface area contributed by atoms with Crippen molar-refractivity contribution >= 4 is 34.9 Å². The maximum Gasteiger partial charge on any atom is 0.325 e. The Bertz CT molecular complexity index is 501. The van der Waals surface area contributed by atoms with E-state index in [1.165, 1.54) is 4.90 Å². The molecule has 1 aliphatic heterocycles. The summed E-state index contributed by atoms with van der Waals surface area (Å²) in [5.41, 5.74) is 0.0853. The minimum atomic E-state index is -0.788. The molecule has 2 heterocycles. The van der Waals surface area contributed by atoms with E-state index in [0.717, 1.165) is 17.1 Å². The quantitative estimate of drug-likeness (QED) is 0.669. The fourth-order valence-electron chi connectivity index (χ4n) is 1.93. The van der Waals surface area contributed by atoms with E-state index in [1.807, 2.05) is 5.38 Å². The highest BCUT2D eigenvalue weighted by Gasteiger charge is 2.43. The van der Waals surface area contributed by atoms with Crippen LogP contribution in [0.15, 0.2) is 5.38 Å². The summed E-state index contributed by atoms with van der Waals surface area (Å²) in [6, 6.07) is -0.310. The number of hydrogen-bond donors (Lipinski definition) is 1. The lowest BCUT2D eigenvalue weighted by atomic mass is 10.1. The van der Waals surface area contributed by atoms with Crippen LogP contribution in [0, 0.1) is 0 Å². The summed E-state index contributed by atoms with van der Waals surface area (Å²) in [6.07, 6.45) is 1.46. The molecule has 1 aliphatic rings. The van der Waals surface area contributed by atoms with Crippen LogP contribution in [0.1, 0.15) is 31.0 Å². The first-order valence-electron chi connectivity index (χ1n) is 6.07. The lowest BCUT2D eigenvalue weighted by Gasteiger charge is -2.15. The molecule has 1 fully saturated rings. The Morgan fingerprint density at radius 2 is 2.21 bits per heavy atom. The highest BCUT2D eigenvalue weighted by molar-refractivity contribution is 7.09. The van der Waals surface area contributed by atoms with Crippen LogP contribution in [-0.2, 0) is 17.1 Å². The minimum absolute atomic E-state index is 0.168. The molecule has 104 valence electrons. The summed E-state index contributed by atoms with van der Waals surface area (Å²) in [5, 5.41) is 5.58. The van der Waals surface area contributed by atoms with Crippen molar-refractivity contribution in [2.75, 3.05) is 6.54 Å². The first-order chi connectivity index (χ1) is 8.94. The smallest absolute Gasteiger partial charge is 0.324 e. The average Bonchev–Trinajstić information content (AvgIpc) is 2.87. The van der Waals surface area contributed by atoms with Crippen molar-refractivity contribution in [3.05, 3.63) is 16.1 Å². The van der Waals surface area contributed by atoms with Gasteiger partial charge in [0.2, 0.25) is 0 Å². The van der Waals surface area contributed by atoms with Gasteiger partial charge in [0.25, 0.3) is 5.91 Å². The molecule has 0 bridgehead atoms. The number of aryl methyl sites for hydroxylation is 1. The van der Waals surface area contributed by atoms with Gasteiger partial charge >= 0.3 is 6.03 Å². The number of nitrogens with one attached hydrogen (secondary N) is 1. The van der Waals surface area contributed by atoms with E-state index in [4.69, 9.17) is 11.6 Å². The Hall–Kier alpha value is -1.14. The molecule has 1 aromatic heterocycles. The topological polar surface area (TPSA) is 62.3 Å². The molecule has 0 aliphatic carbocycles. The van der Waals surface area contributed by atoms with Crippen LogP contribution in [0.2, 0.25) is 0 Å². The lowest BCUT2D eigenvalue weighted by Crippen LogP contribution is -2.40. The molecule has 0 saturated carbocycles. The lowest BCUT2D eigenvalue weighted by molar-refractivity contribution is -0.130. The van der Waals surface area contributed by atoms with Gasteiger partial charge in [0.1, 0.15) is 5.54 Å². The Kier molecular flexibility index (Phi) is 4.10. The first kappa shape index (κ1) is 14.3. The maximum absolute atomic E-state index is 11.9. The standard InChI is InChI=1S/C12H16ClN3O2S/c1-12(2)10(17)16(11(18)15-12)5-3-4-9-14-8(6-13)7-19-9/h7H,3-6H2,1-2H3,(H,15,18). The number of amides is 3. The van der Waals surface area contributed by atoms with Crippen molar-refractivity contribution in [1.82, 2.24) is 15.2 Å². The van der Waals surface area contributed by atoms with Gasteiger partial charge in [-0.3, -0.25) is 9.69 Å². The minimum Gasteiger partial charge on any atom is -0.324 e. The van der Waals surface area contributed by atoms with Gasteiger partial charge in [-0.15, -0.1) is 22.9 Å². The summed E-state index contributed by atoms with van der Waals surface area (Å²) in [6.45, 7) is 3.84. The van der Waals surface area contributed by atoms with Gasteiger partial charge in [-0.25, -0.2) is 9.78 Å². The van der Waals surface area contributed by atoms with Gasteiger partial charge in [-0.2, -0.15) is 0 Å². The number of aromatic nitrogens is 1. The summed E-state index contributed by atoms with van der Waals surface area (Å²) in [5.74, 6) is 0.246. The number of halogens is 1. The highest BCUT2D eigenvalue weighted by atomic mass is 35.5. The monoisotopic (exact) mass is 301 g/mol. The second-order valence-electron chi connectivity index (χ2n) is 4.98. The molecule has 3 amide bonds. The van der Waals surface area contributed by atoms with Crippen LogP contribution in [0.4, 0.5) is 4.79 Å². The number of urea groups is 1. The molecule has 0 unspecified atom stereocenters. The second kappa shape index (κ2) is 5.46. The molecule has 1 N–H and O–H groups in total. The predicted octanol–water partition coefficient (Wildman–Crippen LogP) is 2.14. The Morgan fingerprint density at radius 3 is 2.74 bits per heavy atom. The molecule has 0 radical (unpaired) electrons. The fourth-order valence-corrected chi connectivity index (χ4v) is 3.00. The van der Waals surface area contributed by atoms with Gasteiger partial charge in [-0.1, -0.05) is 0 Å². The number of carbonyl (C=O) groups excluding carboxylic acids is 2. The predicted molar refractivity (Wildman–Crippen MR) is 74.3 cm³/mol. The Balaban J connectivity index is 1.86. The van der Waals surface area contributed by atoms with E-state index in [2.05, 4.69) is 10.3 Å². The molecule has 0 aromatic carbocycles. The van der Waals surface area contributed by atoms with Crippen LogP contribution in [0.5, 0.6) is 0 Å². The summed E-state index contributed by atoms with van der Waals surface area (Å²) >= 11 is 7.24. The normalized spacial score (nSPS) is 17.9. The number of carbonyl (C=O) groups is 2. The van der Waals surface area contributed by atoms with E-state index >= 15 is 0 Å². The van der Waals surface area contributed by atoms with Crippen LogP contribution in [0.3, 0.4) is 0 Å². The number of imide groups is 1. The molecule has 0 atom stereocenters. The van der Waals surface area contributed by atoms with Crippen LogP contribution >= 0.6 is 22.9 Å². The average molecular weight is 302 g/mol. The van der Waals surface area contributed by atoms with Crippen LogP contribution in [0.25, 0.3) is 0 Å². The molecule has 0 spiro atoms. The number of rotatable bonds is 5. The first-order valence-corrected chi connectivity index (χ1v) is 7.49. The Morgan fingerprint density at radius 1 is 1.47 bits per heavy atom. The number of hydrogen-bond acceptors (Lipinski definition) is 4. The number of thiazole rings is 1. The molecule has 7 heteroatoms. The zero-order valence-electron chi connectivity index (χ0n) is 10.9. The van der Waals surface area contributed by atoms with Gasteiger partial charge < -0.3 is 5.32 Å². The largest absolute Gasteiger partial charge is 0.325 e. The van der Waals surface area contributed by atoms with E-state index in [1.54, 1.807) is 25.2 Å². The molecule has 1 aromatic rings. The van der Waals surface area contributed by atoms with E-state index in [-0.39, 0.29) is 11.9 Å². The zero-order chi connectivity index (χ0) is 14.0.